The van der Waals surface area contributed by atoms with E-state index in [1.807, 2.05) is 0 Å². The zero-order valence-electron chi connectivity index (χ0n) is 8.12. The van der Waals surface area contributed by atoms with Crippen molar-refractivity contribution in [1.29, 1.82) is 0 Å². The first-order chi connectivity index (χ1) is 7.21. The maximum atomic E-state index is 13.5. The lowest BCUT2D eigenvalue weighted by Crippen LogP contribution is -2.19. The predicted molar refractivity (Wildman–Crippen MR) is 67.6 cm³/mol. The fourth-order valence-corrected chi connectivity index (χ4v) is 3.11. The standard InChI is InChI=1S/C8H8BrFN2O2S2/c1-16(13,14)7-3-5(10)6(2-4(7)9)12-8(11)15/h2-3H,1H3,(H3,11,12,15). The average Bonchev–Trinajstić information content (AvgIpc) is 2.07. The quantitative estimate of drug-likeness (QED) is 0.808. The molecule has 0 aromatic heterocycles. The van der Waals surface area contributed by atoms with E-state index in [1.165, 1.54) is 6.07 Å². The maximum absolute atomic E-state index is 13.5. The van der Waals surface area contributed by atoms with Gasteiger partial charge >= 0.3 is 0 Å². The highest BCUT2D eigenvalue weighted by Gasteiger charge is 2.16. The van der Waals surface area contributed by atoms with E-state index in [1.54, 1.807) is 0 Å². The van der Waals surface area contributed by atoms with Gasteiger partial charge in [-0.3, -0.25) is 0 Å². The van der Waals surface area contributed by atoms with Crippen molar-refractivity contribution in [2.75, 3.05) is 11.6 Å². The summed E-state index contributed by atoms with van der Waals surface area (Å²) >= 11 is 7.59. The van der Waals surface area contributed by atoms with Gasteiger partial charge in [0.2, 0.25) is 0 Å². The molecule has 4 nitrogen and oxygen atoms in total. The molecule has 0 fully saturated rings. The summed E-state index contributed by atoms with van der Waals surface area (Å²) in [5, 5.41) is 2.30. The summed E-state index contributed by atoms with van der Waals surface area (Å²) in [4.78, 5) is -0.126. The molecule has 0 atom stereocenters. The molecule has 0 heterocycles. The highest BCUT2D eigenvalue weighted by molar-refractivity contribution is 9.10. The zero-order valence-corrected chi connectivity index (χ0v) is 11.3. The van der Waals surface area contributed by atoms with Crippen molar-refractivity contribution in [3.8, 4) is 0 Å². The van der Waals surface area contributed by atoms with E-state index in [2.05, 4.69) is 33.5 Å². The van der Waals surface area contributed by atoms with Crippen molar-refractivity contribution in [1.82, 2.24) is 0 Å². The van der Waals surface area contributed by atoms with Crippen molar-refractivity contribution in [3.63, 3.8) is 0 Å². The number of rotatable bonds is 2. The normalized spacial score (nSPS) is 11.2. The van der Waals surface area contributed by atoms with E-state index in [-0.39, 0.29) is 20.2 Å². The van der Waals surface area contributed by atoms with Gasteiger partial charge < -0.3 is 11.1 Å². The molecule has 88 valence electrons. The second-order valence-electron chi connectivity index (χ2n) is 3.02. The van der Waals surface area contributed by atoms with Crippen molar-refractivity contribution in [2.45, 2.75) is 4.90 Å². The van der Waals surface area contributed by atoms with E-state index >= 15 is 0 Å². The highest BCUT2D eigenvalue weighted by Crippen LogP contribution is 2.28. The van der Waals surface area contributed by atoms with Crippen LogP contribution in [0.15, 0.2) is 21.5 Å². The lowest BCUT2D eigenvalue weighted by Gasteiger charge is -2.08. The molecular weight excluding hydrogens is 319 g/mol. The summed E-state index contributed by atoms with van der Waals surface area (Å²) in [6.07, 6.45) is 0.993. The van der Waals surface area contributed by atoms with Crippen molar-refractivity contribution >= 4 is 48.8 Å². The first kappa shape index (κ1) is 13.3. The summed E-state index contributed by atoms with van der Waals surface area (Å²) in [6.45, 7) is 0. The number of benzene rings is 1. The lowest BCUT2D eigenvalue weighted by atomic mass is 10.3. The fraction of sp³-hybridized carbons (Fsp3) is 0.125. The van der Waals surface area contributed by atoms with E-state index in [0.717, 1.165) is 12.3 Å². The Labute approximate surface area is 106 Å². The molecule has 0 aliphatic heterocycles. The van der Waals surface area contributed by atoms with Crippen LogP contribution in [0, 0.1) is 5.82 Å². The number of hydrogen-bond acceptors (Lipinski definition) is 3. The molecule has 3 N–H and O–H groups in total. The van der Waals surface area contributed by atoms with Gasteiger partial charge in [-0.1, -0.05) is 0 Å². The Bertz CT molecular complexity index is 545. The Morgan fingerprint density at radius 2 is 2.12 bits per heavy atom. The van der Waals surface area contributed by atoms with Gasteiger partial charge in [0.05, 0.1) is 10.6 Å². The van der Waals surface area contributed by atoms with Gasteiger partial charge in [0.1, 0.15) is 5.82 Å². The second-order valence-corrected chi connectivity index (χ2v) is 6.30. The molecule has 0 spiro atoms. The number of sulfone groups is 1. The largest absolute Gasteiger partial charge is 0.376 e. The fourth-order valence-electron chi connectivity index (χ4n) is 1.04. The molecule has 0 bridgehead atoms. The first-order valence-electron chi connectivity index (χ1n) is 3.97. The van der Waals surface area contributed by atoms with E-state index in [4.69, 9.17) is 5.73 Å². The minimum absolute atomic E-state index is 0.0202. The molecule has 8 heteroatoms. The molecule has 1 aromatic carbocycles. The Morgan fingerprint density at radius 3 is 2.56 bits per heavy atom. The van der Waals surface area contributed by atoms with Crippen LogP contribution in [0.25, 0.3) is 0 Å². The molecular formula is C8H8BrFN2O2S2. The molecule has 0 aliphatic carbocycles. The third-order valence-electron chi connectivity index (χ3n) is 1.68. The lowest BCUT2D eigenvalue weighted by molar-refractivity contribution is 0.596. The molecule has 1 aromatic rings. The van der Waals surface area contributed by atoms with E-state index < -0.39 is 15.7 Å². The van der Waals surface area contributed by atoms with Gasteiger partial charge in [-0.25, -0.2) is 12.8 Å². The molecule has 1 rings (SSSR count). The van der Waals surface area contributed by atoms with Crippen molar-refractivity contribution in [3.05, 3.63) is 22.4 Å². The minimum Gasteiger partial charge on any atom is -0.376 e. The van der Waals surface area contributed by atoms with Gasteiger partial charge in [0.25, 0.3) is 0 Å². The third kappa shape index (κ3) is 3.13. The van der Waals surface area contributed by atoms with Gasteiger partial charge in [0, 0.05) is 10.7 Å². The molecule has 0 aliphatic rings. The average molecular weight is 327 g/mol. The Morgan fingerprint density at radius 1 is 1.56 bits per heavy atom. The molecule has 0 saturated heterocycles. The molecule has 0 amide bonds. The van der Waals surface area contributed by atoms with E-state index in [9.17, 15) is 12.8 Å². The molecule has 0 radical (unpaired) electrons. The van der Waals surface area contributed by atoms with Gasteiger partial charge in [-0.05, 0) is 40.3 Å². The second kappa shape index (κ2) is 4.64. The molecule has 0 saturated carbocycles. The third-order valence-corrected chi connectivity index (χ3v) is 3.84. The van der Waals surface area contributed by atoms with Crippen LogP contribution in [0.2, 0.25) is 0 Å². The van der Waals surface area contributed by atoms with Crippen molar-refractivity contribution < 1.29 is 12.8 Å². The zero-order chi connectivity index (χ0) is 12.5. The number of hydrogen-bond donors (Lipinski definition) is 2. The van der Waals surface area contributed by atoms with Crippen LogP contribution in [0.5, 0.6) is 0 Å². The van der Waals surface area contributed by atoms with Crippen LogP contribution in [0.3, 0.4) is 0 Å². The predicted octanol–water partition coefficient (Wildman–Crippen LogP) is 1.65. The number of nitrogens with one attached hydrogen (secondary N) is 1. The number of nitrogens with two attached hydrogens (primary N) is 1. The van der Waals surface area contributed by atoms with Gasteiger partial charge in [-0.2, -0.15) is 0 Å². The topological polar surface area (TPSA) is 72.2 Å². The monoisotopic (exact) mass is 326 g/mol. The summed E-state index contributed by atoms with van der Waals surface area (Å²) in [7, 11) is -3.48. The van der Waals surface area contributed by atoms with E-state index in [0.29, 0.717) is 0 Å². The number of anilines is 1. The van der Waals surface area contributed by atoms with Crippen molar-refractivity contribution in [2.24, 2.45) is 5.73 Å². The van der Waals surface area contributed by atoms with Crippen LogP contribution >= 0.6 is 28.1 Å². The van der Waals surface area contributed by atoms with Gasteiger partial charge in [0.15, 0.2) is 14.9 Å². The van der Waals surface area contributed by atoms with Crippen LogP contribution in [-0.2, 0) is 9.84 Å². The summed E-state index contributed by atoms with van der Waals surface area (Å²) in [5.74, 6) is -0.739. The highest BCUT2D eigenvalue weighted by atomic mass is 79.9. The first-order valence-corrected chi connectivity index (χ1v) is 7.06. The van der Waals surface area contributed by atoms with Crippen LogP contribution in [-0.4, -0.2) is 19.8 Å². The summed E-state index contributed by atoms with van der Waals surface area (Å²) in [5.41, 5.74) is 5.21. The number of halogens is 2. The van der Waals surface area contributed by atoms with Crippen LogP contribution in [0.1, 0.15) is 0 Å². The Balaban J connectivity index is 3.33. The van der Waals surface area contributed by atoms with Gasteiger partial charge in [-0.15, -0.1) is 0 Å². The minimum atomic E-state index is -3.48. The number of thiocarbonyl (C=S) groups is 1. The summed E-state index contributed by atoms with van der Waals surface area (Å²) < 4.78 is 36.2. The molecule has 16 heavy (non-hydrogen) atoms. The molecule has 0 unspecified atom stereocenters. The van der Waals surface area contributed by atoms with Crippen LogP contribution in [0.4, 0.5) is 10.1 Å². The Kier molecular flexibility index (Phi) is 3.87. The maximum Gasteiger partial charge on any atom is 0.176 e. The summed E-state index contributed by atoms with van der Waals surface area (Å²) in [6, 6.07) is 2.17. The SMILES string of the molecule is CS(=O)(=O)c1cc(F)c(NC(N)=S)cc1Br. The smallest absolute Gasteiger partial charge is 0.176 e. The van der Waals surface area contributed by atoms with Crippen LogP contribution < -0.4 is 11.1 Å². The Hall–Kier alpha value is -0.730.